The van der Waals surface area contributed by atoms with E-state index in [2.05, 4.69) is 0 Å². The van der Waals surface area contributed by atoms with E-state index in [9.17, 15) is 14.0 Å². The Morgan fingerprint density at radius 1 is 1.43 bits per heavy atom. The Balaban J connectivity index is 2.06. The van der Waals surface area contributed by atoms with Gasteiger partial charge in [0, 0.05) is 17.3 Å². The van der Waals surface area contributed by atoms with Crippen LogP contribution < -0.4 is 11.5 Å². The first-order valence-electron chi connectivity index (χ1n) is 7.39. The Morgan fingerprint density at radius 3 is 2.57 bits per heavy atom. The second-order valence-corrected chi connectivity index (χ2v) is 7.74. The maximum atomic E-state index is 14.5. The summed E-state index contributed by atoms with van der Waals surface area (Å²) in [6.07, 6.45) is -1.31. The Morgan fingerprint density at radius 2 is 2.09 bits per heavy atom. The molecule has 2 amide bonds. The van der Waals surface area contributed by atoms with E-state index < -0.39 is 29.7 Å². The lowest BCUT2D eigenvalue weighted by Gasteiger charge is -2.35. The highest BCUT2D eigenvalue weighted by Gasteiger charge is 2.35. The van der Waals surface area contributed by atoms with Crippen LogP contribution >= 0.6 is 11.3 Å². The quantitative estimate of drug-likeness (QED) is 0.862. The van der Waals surface area contributed by atoms with Crippen LogP contribution in [0.25, 0.3) is 0 Å². The number of ether oxygens (including phenoxy) is 1. The van der Waals surface area contributed by atoms with E-state index in [0.717, 1.165) is 0 Å². The van der Waals surface area contributed by atoms with Crippen molar-refractivity contribution in [3.8, 4) is 0 Å². The van der Waals surface area contributed by atoms with Crippen molar-refractivity contribution < 1.29 is 18.7 Å². The second-order valence-electron chi connectivity index (χ2n) is 6.63. The highest BCUT2D eigenvalue weighted by molar-refractivity contribution is 7.16. The number of piperidine rings is 1. The minimum absolute atomic E-state index is 0.0384. The van der Waals surface area contributed by atoms with Crippen LogP contribution in [0.1, 0.15) is 48.3 Å². The fraction of sp³-hybridized carbons (Fsp3) is 0.600. The van der Waals surface area contributed by atoms with E-state index >= 15 is 0 Å². The van der Waals surface area contributed by atoms with Crippen molar-refractivity contribution in [1.82, 2.24) is 4.90 Å². The third-order valence-corrected chi connectivity index (χ3v) is 4.70. The summed E-state index contributed by atoms with van der Waals surface area (Å²) in [6, 6.07) is 1.56. The average Bonchev–Trinajstić information content (AvgIpc) is 2.78. The first kappa shape index (κ1) is 17.5. The number of nitrogens with zero attached hydrogens (tertiary/aromatic N) is 1. The van der Waals surface area contributed by atoms with Gasteiger partial charge in [-0.1, -0.05) is 0 Å². The third-order valence-electron chi connectivity index (χ3n) is 3.60. The molecule has 6 nitrogen and oxygen atoms in total. The SMILES string of the molecule is CC(C)(C)OC(=O)N1CCC(c2cc(C(N)=O)c(N)s2)C(F)C1. The van der Waals surface area contributed by atoms with E-state index in [1.165, 1.54) is 16.2 Å². The molecule has 0 aromatic carbocycles. The number of anilines is 1. The first-order chi connectivity index (χ1) is 10.6. The zero-order valence-electron chi connectivity index (χ0n) is 13.5. The standard InChI is InChI=1S/C15H22FN3O3S/c1-15(2,3)22-14(21)19-5-4-8(10(16)7-19)11-6-9(12(17)20)13(18)23-11/h6,8,10H,4-5,7,18H2,1-3H3,(H2,17,20). The van der Waals surface area contributed by atoms with Gasteiger partial charge in [-0.15, -0.1) is 11.3 Å². The molecular weight excluding hydrogens is 321 g/mol. The summed E-state index contributed by atoms with van der Waals surface area (Å²) in [5.74, 6) is -1.01. The monoisotopic (exact) mass is 343 g/mol. The number of halogens is 1. The van der Waals surface area contributed by atoms with E-state index in [1.54, 1.807) is 26.8 Å². The van der Waals surface area contributed by atoms with Crippen molar-refractivity contribution in [2.24, 2.45) is 5.73 Å². The third kappa shape index (κ3) is 4.13. The summed E-state index contributed by atoms with van der Waals surface area (Å²) in [5, 5.41) is 0.300. The number of alkyl halides is 1. The number of likely N-dealkylation sites (tertiary alicyclic amines) is 1. The fourth-order valence-corrected chi connectivity index (χ4v) is 3.63. The summed E-state index contributed by atoms with van der Waals surface area (Å²) in [6.45, 7) is 5.66. The molecular formula is C15H22FN3O3S. The number of hydrogen-bond donors (Lipinski definition) is 2. The summed E-state index contributed by atoms with van der Waals surface area (Å²) in [4.78, 5) is 25.3. The molecule has 2 heterocycles. The molecule has 23 heavy (non-hydrogen) atoms. The number of hydrogen-bond acceptors (Lipinski definition) is 5. The Kier molecular flexibility index (Phi) is 4.84. The van der Waals surface area contributed by atoms with Crippen molar-refractivity contribution in [1.29, 1.82) is 0 Å². The normalized spacial score (nSPS) is 22.0. The molecule has 4 N–H and O–H groups in total. The molecule has 8 heteroatoms. The highest BCUT2D eigenvalue weighted by Crippen LogP contribution is 2.38. The van der Waals surface area contributed by atoms with Gasteiger partial charge < -0.3 is 21.1 Å². The molecule has 1 saturated heterocycles. The molecule has 1 fully saturated rings. The van der Waals surface area contributed by atoms with E-state index in [0.29, 0.717) is 22.8 Å². The van der Waals surface area contributed by atoms with Crippen molar-refractivity contribution in [3.05, 3.63) is 16.5 Å². The molecule has 0 bridgehead atoms. The molecule has 0 saturated carbocycles. The van der Waals surface area contributed by atoms with Gasteiger partial charge in [0.2, 0.25) is 0 Å². The summed E-state index contributed by atoms with van der Waals surface area (Å²) < 4.78 is 19.8. The van der Waals surface area contributed by atoms with Crippen LogP contribution in [0.4, 0.5) is 14.2 Å². The zero-order chi connectivity index (χ0) is 17.4. The average molecular weight is 343 g/mol. The lowest BCUT2D eigenvalue weighted by atomic mass is 9.93. The Hall–Kier alpha value is -1.83. The number of carbonyl (C=O) groups excluding carboxylic acids is 2. The van der Waals surface area contributed by atoms with Crippen molar-refractivity contribution >= 4 is 28.3 Å². The van der Waals surface area contributed by atoms with Crippen LogP contribution in [-0.2, 0) is 4.74 Å². The molecule has 2 rings (SSSR count). The van der Waals surface area contributed by atoms with Gasteiger partial charge in [-0.05, 0) is 33.3 Å². The van der Waals surface area contributed by atoms with Gasteiger partial charge in [0.25, 0.3) is 5.91 Å². The fourth-order valence-electron chi connectivity index (χ4n) is 2.52. The molecule has 2 unspecified atom stereocenters. The Labute approximate surface area is 138 Å². The molecule has 1 aromatic heterocycles. The predicted molar refractivity (Wildman–Crippen MR) is 87.3 cm³/mol. The van der Waals surface area contributed by atoms with E-state index in [4.69, 9.17) is 16.2 Å². The molecule has 1 aliphatic heterocycles. The zero-order valence-corrected chi connectivity index (χ0v) is 14.3. The first-order valence-corrected chi connectivity index (χ1v) is 8.21. The Bertz CT molecular complexity index is 612. The van der Waals surface area contributed by atoms with Gasteiger partial charge in [-0.2, -0.15) is 0 Å². The predicted octanol–water partition coefficient (Wildman–Crippen LogP) is 2.49. The molecule has 1 aliphatic rings. The van der Waals surface area contributed by atoms with Crippen LogP contribution in [0, 0.1) is 0 Å². The van der Waals surface area contributed by atoms with E-state index in [1.807, 2.05) is 0 Å². The van der Waals surface area contributed by atoms with Gasteiger partial charge in [0.15, 0.2) is 0 Å². The number of nitrogens with two attached hydrogens (primary N) is 2. The largest absolute Gasteiger partial charge is 0.444 e. The molecule has 0 aliphatic carbocycles. The number of rotatable bonds is 2. The summed E-state index contributed by atoms with van der Waals surface area (Å²) >= 11 is 1.17. The summed E-state index contributed by atoms with van der Waals surface area (Å²) in [7, 11) is 0. The molecule has 128 valence electrons. The highest BCUT2D eigenvalue weighted by atomic mass is 32.1. The van der Waals surface area contributed by atoms with Gasteiger partial charge in [0.05, 0.1) is 17.1 Å². The minimum Gasteiger partial charge on any atom is -0.444 e. The number of nitrogen functional groups attached to an aromatic ring is 1. The van der Waals surface area contributed by atoms with Crippen molar-refractivity contribution in [3.63, 3.8) is 0 Å². The van der Waals surface area contributed by atoms with Gasteiger partial charge >= 0.3 is 6.09 Å². The van der Waals surface area contributed by atoms with Crippen LogP contribution in [0.15, 0.2) is 6.07 Å². The van der Waals surface area contributed by atoms with Gasteiger partial charge in [-0.25, -0.2) is 9.18 Å². The maximum absolute atomic E-state index is 14.5. The van der Waals surface area contributed by atoms with Gasteiger partial charge in [0.1, 0.15) is 11.8 Å². The van der Waals surface area contributed by atoms with Crippen LogP contribution in [-0.4, -0.2) is 41.8 Å². The molecule has 1 aromatic rings. The van der Waals surface area contributed by atoms with E-state index in [-0.39, 0.29) is 12.1 Å². The van der Waals surface area contributed by atoms with Crippen molar-refractivity contribution in [2.45, 2.75) is 44.9 Å². The second kappa shape index (κ2) is 6.35. The van der Waals surface area contributed by atoms with Crippen molar-refractivity contribution in [2.75, 3.05) is 18.8 Å². The number of thiophene rings is 1. The number of carbonyl (C=O) groups is 2. The molecule has 2 atom stereocenters. The lowest BCUT2D eigenvalue weighted by Crippen LogP contribution is -2.46. The molecule has 0 radical (unpaired) electrons. The molecule has 0 spiro atoms. The van der Waals surface area contributed by atoms with Gasteiger partial charge in [-0.3, -0.25) is 4.79 Å². The smallest absolute Gasteiger partial charge is 0.410 e. The summed E-state index contributed by atoms with van der Waals surface area (Å²) in [5.41, 5.74) is 10.6. The van der Waals surface area contributed by atoms with Crippen LogP contribution in [0.2, 0.25) is 0 Å². The maximum Gasteiger partial charge on any atom is 0.410 e. The number of primary amides is 1. The minimum atomic E-state index is -1.24. The van der Waals surface area contributed by atoms with Crippen LogP contribution in [0.3, 0.4) is 0 Å². The number of amides is 2. The topological polar surface area (TPSA) is 98.6 Å². The lowest BCUT2D eigenvalue weighted by molar-refractivity contribution is 0.0113. The van der Waals surface area contributed by atoms with Crippen LogP contribution in [0.5, 0.6) is 0 Å².